The lowest BCUT2D eigenvalue weighted by Crippen LogP contribution is -2.46. The second kappa shape index (κ2) is 5.50. The zero-order valence-corrected chi connectivity index (χ0v) is 14.2. The SMILES string of the molecule is CN=S(=O)(C[C@]1(O)CCC[C@]2(C)CCC=C21)c1ccccc1. The van der Waals surface area contributed by atoms with Crippen molar-refractivity contribution in [3.63, 3.8) is 0 Å². The summed E-state index contributed by atoms with van der Waals surface area (Å²) in [6.07, 6.45) is 7.09. The van der Waals surface area contributed by atoms with Crippen LogP contribution in [0.25, 0.3) is 0 Å². The minimum Gasteiger partial charge on any atom is -0.384 e. The standard InChI is InChI=1S/C18H25NO2S/c1-17-11-6-10-16(17)18(20,13-7-12-17)14-22(21,19-2)15-8-4-3-5-9-15/h3-5,8-10,20H,6-7,11-14H2,1-2H3/t17-,18+,22?/m0/s1. The van der Waals surface area contributed by atoms with E-state index in [1.165, 1.54) is 0 Å². The molecule has 1 fully saturated rings. The fourth-order valence-electron chi connectivity index (χ4n) is 4.19. The number of hydrogen-bond acceptors (Lipinski definition) is 3. The van der Waals surface area contributed by atoms with E-state index in [0.717, 1.165) is 36.2 Å². The third kappa shape index (κ3) is 2.52. The van der Waals surface area contributed by atoms with Gasteiger partial charge in [-0.25, -0.2) is 8.57 Å². The lowest BCUT2D eigenvalue weighted by Gasteiger charge is -2.44. The summed E-state index contributed by atoms with van der Waals surface area (Å²) in [6.45, 7) is 2.24. The molecule has 2 aliphatic carbocycles. The van der Waals surface area contributed by atoms with Gasteiger partial charge in [0.05, 0.1) is 21.1 Å². The molecule has 0 saturated heterocycles. The number of benzene rings is 1. The van der Waals surface area contributed by atoms with E-state index in [1.54, 1.807) is 7.05 Å². The third-order valence-corrected chi connectivity index (χ3v) is 7.82. The maximum absolute atomic E-state index is 13.4. The first kappa shape index (κ1) is 15.8. The molecule has 1 aromatic carbocycles. The summed E-state index contributed by atoms with van der Waals surface area (Å²) in [5.74, 6) is 0.210. The largest absolute Gasteiger partial charge is 0.384 e. The molecule has 1 N–H and O–H groups in total. The van der Waals surface area contributed by atoms with Crippen LogP contribution in [0.2, 0.25) is 0 Å². The maximum Gasteiger partial charge on any atom is 0.0989 e. The monoisotopic (exact) mass is 319 g/mol. The van der Waals surface area contributed by atoms with E-state index in [9.17, 15) is 9.32 Å². The van der Waals surface area contributed by atoms with Crippen molar-refractivity contribution in [1.82, 2.24) is 0 Å². The summed E-state index contributed by atoms with van der Waals surface area (Å²) in [5, 5.41) is 11.3. The molecule has 3 atom stereocenters. The molecule has 1 saturated carbocycles. The van der Waals surface area contributed by atoms with E-state index in [1.807, 2.05) is 30.3 Å². The van der Waals surface area contributed by atoms with E-state index in [2.05, 4.69) is 17.4 Å². The Balaban J connectivity index is 1.99. The molecule has 0 heterocycles. The van der Waals surface area contributed by atoms with Crippen LogP contribution in [-0.2, 0) is 9.73 Å². The van der Waals surface area contributed by atoms with Crippen LogP contribution < -0.4 is 0 Å². The van der Waals surface area contributed by atoms with E-state index in [4.69, 9.17) is 0 Å². The van der Waals surface area contributed by atoms with Crippen LogP contribution >= 0.6 is 0 Å². The van der Waals surface area contributed by atoms with E-state index >= 15 is 0 Å². The van der Waals surface area contributed by atoms with Gasteiger partial charge in [-0.1, -0.05) is 31.2 Å². The minimum absolute atomic E-state index is 0.0811. The summed E-state index contributed by atoms with van der Waals surface area (Å²) in [6, 6.07) is 9.37. The molecular weight excluding hydrogens is 294 g/mol. The average molecular weight is 319 g/mol. The Hall–Kier alpha value is -1.13. The van der Waals surface area contributed by atoms with Crippen LogP contribution in [-0.4, -0.2) is 27.7 Å². The Labute approximate surface area is 133 Å². The van der Waals surface area contributed by atoms with Crippen LogP contribution in [0.4, 0.5) is 0 Å². The predicted octanol–water partition coefficient (Wildman–Crippen LogP) is 3.78. The Kier molecular flexibility index (Phi) is 3.94. The van der Waals surface area contributed by atoms with Crippen LogP contribution in [0.15, 0.2) is 51.2 Å². The van der Waals surface area contributed by atoms with Gasteiger partial charge in [-0.2, -0.15) is 0 Å². The van der Waals surface area contributed by atoms with E-state index in [0.29, 0.717) is 6.42 Å². The van der Waals surface area contributed by atoms with Crippen molar-refractivity contribution < 1.29 is 9.32 Å². The number of aliphatic hydroxyl groups is 1. The van der Waals surface area contributed by atoms with Gasteiger partial charge in [0.15, 0.2) is 0 Å². The topological polar surface area (TPSA) is 49.7 Å². The highest BCUT2D eigenvalue weighted by Gasteiger charge is 2.49. The summed E-state index contributed by atoms with van der Waals surface area (Å²) < 4.78 is 17.6. The van der Waals surface area contributed by atoms with Gasteiger partial charge in [-0.3, -0.25) is 0 Å². The average Bonchev–Trinajstić information content (AvgIpc) is 2.91. The fourth-order valence-corrected chi connectivity index (χ4v) is 6.23. The van der Waals surface area contributed by atoms with Gasteiger partial charge >= 0.3 is 0 Å². The number of allylic oxidation sites excluding steroid dienone is 1. The zero-order chi connectivity index (χ0) is 15.8. The van der Waals surface area contributed by atoms with Crippen LogP contribution in [0.3, 0.4) is 0 Å². The number of nitrogens with zero attached hydrogens (tertiary/aromatic N) is 1. The van der Waals surface area contributed by atoms with Crippen molar-refractivity contribution in [1.29, 1.82) is 0 Å². The van der Waals surface area contributed by atoms with Gasteiger partial charge in [0.25, 0.3) is 0 Å². The normalized spacial score (nSPS) is 33.7. The smallest absolute Gasteiger partial charge is 0.0989 e. The van der Waals surface area contributed by atoms with Crippen LogP contribution in [0.1, 0.15) is 39.0 Å². The molecule has 0 aromatic heterocycles. The van der Waals surface area contributed by atoms with Gasteiger partial charge in [-0.05, 0) is 55.2 Å². The molecule has 1 aromatic rings. The first-order valence-corrected chi connectivity index (χ1v) is 9.72. The molecule has 2 aliphatic rings. The number of rotatable bonds is 3. The number of fused-ring (bicyclic) bond motifs is 1. The molecule has 1 unspecified atom stereocenters. The molecule has 0 radical (unpaired) electrons. The van der Waals surface area contributed by atoms with E-state index < -0.39 is 15.3 Å². The van der Waals surface area contributed by atoms with Gasteiger partial charge in [0, 0.05) is 11.9 Å². The van der Waals surface area contributed by atoms with Crippen molar-refractivity contribution in [2.45, 2.75) is 49.5 Å². The van der Waals surface area contributed by atoms with Crippen molar-refractivity contribution >= 4 is 9.73 Å². The predicted molar refractivity (Wildman–Crippen MR) is 90.3 cm³/mol. The summed E-state index contributed by atoms with van der Waals surface area (Å²) in [5.41, 5.74) is 0.215. The molecule has 0 aliphatic heterocycles. The summed E-state index contributed by atoms with van der Waals surface area (Å²) in [4.78, 5) is 0.719. The molecular formula is C18H25NO2S. The first-order chi connectivity index (χ1) is 10.4. The molecule has 3 rings (SSSR count). The first-order valence-electron chi connectivity index (χ1n) is 8.03. The third-order valence-electron chi connectivity index (χ3n) is 5.36. The fraction of sp³-hybridized carbons (Fsp3) is 0.556. The summed E-state index contributed by atoms with van der Waals surface area (Å²) in [7, 11) is -0.994. The van der Waals surface area contributed by atoms with Gasteiger partial charge in [0.2, 0.25) is 0 Å². The van der Waals surface area contributed by atoms with Gasteiger partial charge in [0.1, 0.15) is 0 Å². The molecule has 4 heteroatoms. The highest BCUT2D eigenvalue weighted by atomic mass is 32.2. The Morgan fingerprint density at radius 2 is 1.95 bits per heavy atom. The Morgan fingerprint density at radius 1 is 1.23 bits per heavy atom. The molecule has 0 spiro atoms. The molecule has 0 bridgehead atoms. The molecule has 0 amide bonds. The van der Waals surface area contributed by atoms with Crippen molar-refractivity contribution in [2.75, 3.05) is 12.8 Å². The molecule has 22 heavy (non-hydrogen) atoms. The lowest BCUT2D eigenvalue weighted by molar-refractivity contribution is 0.0416. The molecule has 3 nitrogen and oxygen atoms in total. The number of hydrogen-bond donors (Lipinski definition) is 1. The van der Waals surface area contributed by atoms with Crippen LogP contribution in [0.5, 0.6) is 0 Å². The van der Waals surface area contributed by atoms with Crippen LogP contribution in [0, 0.1) is 5.41 Å². The van der Waals surface area contributed by atoms with Crippen molar-refractivity contribution in [3.8, 4) is 0 Å². The highest BCUT2D eigenvalue weighted by Crippen LogP contribution is 2.53. The summed E-state index contributed by atoms with van der Waals surface area (Å²) >= 11 is 0. The van der Waals surface area contributed by atoms with Gasteiger partial charge < -0.3 is 5.11 Å². The minimum atomic E-state index is -2.59. The van der Waals surface area contributed by atoms with Crippen molar-refractivity contribution in [2.24, 2.45) is 9.78 Å². The van der Waals surface area contributed by atoms with Gasteiger partial charge in [-0.15, -0.1) is 0 Å². The zero-order valence-electron chi connectivity index (χ0n) is 13.4. The van der Waals surface area contributed by atoms with E-state index in [-0.39, 0.29) is 11.2 Å². The second-order valence-electron chi connectivity index (χ2n) is 6.88. The Morgan fingerprint density at radius 3 is 2.64 bits per heavy atom. The molecule has 120 valence electrons. The quantitative estimate of drug-likeness (QED) is 0.862. The maximum atomic E-state index is 13.4. The second-order valence-corrected chi connectivity index (χ2v) is 9.29. The van der Waals surface area contributed by atoms with Crippen molar-refractivity contribution in [3.05, 3.63) is 42.0 Å². The lowest BCUT2D eigenvalue weighted by atomic mass is 9.66. The highest BCUT2D eigenvalue weighted by molar-refractivity contribution is 7.93. The Bertz CT molecular complexity index is 703.